The third kappa shape index (κ3) is 1.52. The lowest BCUT2D eigenvalue weighted by Crippen LogP contribution is -2.25. The van der Waals surface area contributed by atoms with Crippen molar-refractivity contribution in [3.05, 3.63) is 27.9 Å². The fourth-order valence-corrected chi connectivity index (χ4v) is 1.60. The van der Waals surface area contributed by atoms with Crippen LogP contribution in [0.1, 0.15) is 11.4 Å². The Morgan fingerprint density at radius 2 is 2.20 bits per heavy atom. The van der Waals surface area contributed by atoms with Gasteiger partial charge in [-0.15, -0.1) is 5.10 Å². The van der Waals surface area contributed by atoms with Crippen molar-refractivity contribution in [2.75, 3.05) is 6.54 Å². The maximum absolute atomic E-state index is 11.8. The standard InChI is InChI=1S/C9H13N5O/c1-6-5-7(2)14-8(11-6)12-13(4-3-10)9(14)15/h5H,3-4,10H2,1-2H3. The number of hydrogen-bond donors (Lipinski definition) is 1. The second-order valence-corrected chi connectivity index (χ2v) is 3.47. The highest BCUT2D eigenvalue weighted by molar-refractivity contribution is 5.30. The number of hydrogen-bond acceptors (Lipinski definition) is 4. The highest BCUT2D eigenvalue weighted by Crippen LogP contribution is 2.01. The van der Waals surface area contributed by atoms with E-state index in [0.717, 1.165) is 11.4 Å². The van der Waals surface area contributed by atoms with E-state index in [0.29, 0.717) is 18.9 Å². The van der Waals surface area contributed by atoms with Gasteiger partial charge in [-0.1, -0.05) is 0 Å². The molecule has 0 amide bonds. The van der Waals surface area contributed by atoms with Crippen molar-refractivity contribution in [3.63, 3.8) is 0 Å². The molecule has 2 heterocycles. The minimum Gasteiger partial charge on any atom is -0.329 e. The van der Waals surface area contributed by atoms with E-state index in [1.165, 1.54) is 9.08 Å². The van der Waals surface area contributed by atoms with E-state index in [1.54, 1.807) is 0 Å². The van der Waals surface area contributed by atoms with Gasteiger partial charge in [-0.05, 0) is 19.9 Å². The van der Waals surface area contributed by atoms with Gasteiger partial charge in [-0.2, -0.15) is 0 Å². The fourth-order valence-electron chi connectivity index (χ4n) is 1.60. The summed E-state index contributed by atoms with van der Waals surface area (Å²) >= 11 is 0. The molecule has 0 aromatic carbocycles. The summed E-state index contributed by atoms with van der Waals surface area (Å²) in [5.74, 6) is 0.436. The second-order valence-electron chi connectivity index (χ2n) is 3.47. The summed E-state index contributed by atoms with van der Waals surface area (Å²) in [6, 6.07) is 1.85. The molecule has 80 valence electrons. The molecule has 0 aliphatic carbocycles. The lowest BCUT2D eigenvalue weighted by Gasteiger charge is -1.97. The van der Waals surface area contributed by atoms with Gasteiger partial charge in [0.05, 0.1) is 6.54 Å². The van der Waals surface area contributed by atoms with Crippen molar-refractivity contribution < 1.29 is 0 Å². The SMILES string of the molecule is Cc1cc(C)n2c(=O)n(CCN)nc2n1. The second kappa shape index (κ2) is 3.47. The Kier molecular flexibility index (Phi) is 2.28. The summed E-state index contributed by atoms with van der Waals surface area (Å²) in [6.45, 7) is 4.54. The van der Waals surface area contributed by atoms with Gasteiger partial charge in [0.15, 0.2) is 0 Å². The van der Waals surface area contributed by atoms with Gasteiger partial charge in [-0.25, -0.2) is 18.9 Å². The third-order valence-corrected chi connectivity index (χ3v) is 2.21. The van der Waals surface area contributed by atoms with E-state index in [2.05, 4.69) is 10.1 Å². The number of nitrogens with two attached hydrogens (primary N) is 1. The molecule has 0 aliphatic heterocycles. The molecule has 15 heavy (non-hydrogen) atoms. The Balaban J connectivity index is 2.76. The predicted molar refractivity (Wildman–Crippen MR) is 55.8 cm³/mol. The first-order valence-electron chi connectivity index (χ1n) is 4.77. The van der Waals surface area contributed by atoms with Gasteiger partial charge in [0.25, 0.3) is 5.78 Å². The van der Waals surface area contributed by atoms with E-state index >= 15 is 0 Å². The Morgan fingerprint density at radius 3 is 2.87 bits per heavy atom. The van der Waals surface area contributed by atoms with Crippen molar-refractivity contribution in [1.82, 2.24) is 19.2 Å². The van der Waals surface area contributed by atoms with Gasteiger partial charge in [0.2, 0.25) is 0 Å². The molecule has 0 radical (unpaired) electrons. The quantitative estimate of drug-likeness (QED) is 0.717. The van der Waals surface area contributed by atoms with Crippen molar-refractivity contribution in [2.45, 2.75) is 20.4 Å². The molecule has 0 aliphatic rings. The van der Waals surface area contributed by atoms with Crippen LogP contribution in [0.25, 0.3) is 5.78 Å². The van der Waals surface area contributed by atoms with Crippen LogP contribution in [0.3, 0.4) is 0 Å². The van der Waals surface area contributed by atoms with Crippen LogP contribution in [0.4, 0.5) is 0 Å². The molecule has 2 aromatic heterocycles. The van der Waals surface area contributed by atoms with Crippen LogP contribution >= 0.6 is 0 Å². The van der Waals surface area contributed by atoms with Crippen molar-refractivity contribution >= 4 is 5.78 Å². The molecular weight excluding hydrogens is 194 g/mol. The summed E-state index contributed by atoms with van der Waals surface area (Å²) < 4.78 is 2.83. The average molecular weight is 207 g/mol. The lowest BCUT2D eigenvalue weighted by molar-refractivity contribution is 0.601. The molecule has 6 nitrogen and oxygen atoms in total. The Morgan fingerprint density at radius 1 is 1.47 bits per heavy atom. The average Bonchev–Trinajstić information content (AvgIpc) is 2.43. The van der Waals surface area contributed by atoms with Gasteiger partial charge in [0, 0.05) is 17.9 Å². The minimum absolute atomic E-state index is 0.180. The van der Waals surface area contributed by atoms with Crippen molar-refractivity contribution in [1.29, 1.82) is 0 Å². The summed E-state index contributed by atoms with van der Waals surface area (Å²) in [6.07, 6.45) is 0. The Labute approximate surface area is 86.3 Å². The molecule has 0 atom stereocenters. The summed E-state index contributed by atoms with van der Waals surface area (Å²) in [5.41, 5.74) is 6.90. The van der Waals surface area contributed by atoms with Crippen LogP contribution in [0, 0.1) is 13.8 Å². The van der Waals surface area contributed by atoms with Gasteiger partial charge in [0.1, 0.15) is 0 Å². The van der Waals surface area contributed by atoms with Crippen LogP contribution in [0.2, 0.25) is 0 Å². The summed E-state index contributed by atoms with van der Waals surface area (Å²) in [7, 11) is 0. The van der Waals surface area contributed by atoms with E-state index in [-0.39, 0.29) is 5.69 Å². The molecule has 2 aromatic rings. The van der Waals surface area contributed by atoms with E-state index in [9.17, 15) is 4.79 Å². The first-order chi connectivity index (χ1) is 7.13. The van der Waals surface area contributed by atoms with E-state index in [1.807, 2.05) is 19.9 Å². The predicted octanol–water partition coefficient (Wildman–Crippen LogP) is -0.533. The summed E-state index contributed by atoms with van der Waals surface area (Å²) in [4.78, 5) is 16.0. The highest BCUT2D eigenvalue weighted by Gasteiger charge is 2.09. The normalized spacial score (nSPS) is 11.1. The van der Waals surface area contributed by atoms with E-state index < -0.39 is 0 Å². The van der Waals surface area contributed by atoms with Crippen LogP contribution in [0.15, 0.2) is 10.9 Å². The zero-order chi connectivity index (χ0) is 11.0. The van der Waals surface area contributed by atoms with Crippen LogP contribution in [0.5, 0.6) is 0 Å². The van der Waals surface area contributed by atoms with Gasteiger partial charge < -0.3 is 5.73 Å². The van der Waals surface area contributed by atoms with Crippen LogP contribution in [-0.4, -0.2) is 25.7 Å². The molecule has 0 saturated carbocycles. The zero-order valence-corrected chi connectivity index (χ0v) is 8.77. The van der Waals surface area contributed by atoms with Crippen LogP contribution in [-0.2, 0) is 6.54 Å². The topological polar surface area (TPSA) is 78.2 Å². The zero-order valence-electron chi connectivity index (χ0n) is 8.77. The Hall–Kier alpha value is -1.69. The smallest absolute Gasteiger partial charge is 0.329 e. The molecule has 0 spiro atoms. The molecule has 6 heteroatoms. The molecule has 0 bridgehead atoms. The lowest BCUT2D eigenvalue weighted by atomic mass is 10.3. The maximum Gasteiger partial charge on any atom is 0.351 e. The third-order valence-electron chi connectivity index (χ3n) is 2.21. The molecule has 0 unspecified atom stereocenters. The minimum atomic E-state index is -0.180. The van der Waals surface area contributed by atoms with Gasteiger partial charge in [-0.3, -0.25) is 0 Å². The Bertz CT molecular complexity index is 553. The first kappa shape index (κ1) is 9.85. The number of nitrogens with zero attached hydrogens (tertiary/aromatic N) is 4. The molecule has 2 N–H and O–H groups in total. The maximum atomic E-state index is 11.8. The largest absolute Gasteiger partial charge is 0.351 e. The number of fused-ring (bicyclic) bond motifs is 1. The van der Waals surface area contributed by atoms with Crippen molar-refractivity contribution in [3.8, 4) is 0 Å². The van der Waals surface area contributed by atoms with E-state index in [4.69, 9.17) is 5.73 Å². The molecule has 0 saturated heterocycles. The van der Waals surface area contributed by atoms with Crippen LogP contribution < -0.4 is 11.4 Å². The number of aromatic nitrogens is 4. The highest BCUT2D eigenvalue weighted by atomic mass is 16.2. The summed E-state index contributed by atoms with van der Waals surface area (Å²) in [5, 5.41) is 4.10. The number of rotatable bonds is 2. The van der Waals surface area contributed by atoms with Gasteiger partial charge >= 0.3 is 5.69 Å². The van der Waals surface area contributed by atoms with Crippen molar-refractivity contribution in [2.24, 2.45) is 5.73 Å². The molecule has 0 fully saturated rings. The molecular formula is C9H13N5O. The monoisotopic (exact) mass is 207 g/mol. The first-order valence-corrected chi connectivity index (χ1v) is 4.77. The fraction of sp³-hybridized carbons (Fsp3) is 0.444. The number of aryl methyl sites for hydroxylation is 2. The molecule has 2 rings (SSSR count).